The van der Waals surface area contributed by atoms with Gasteiger partial charge >= 0.3 is 0 Å². The van der Waals surface area contributed by atoms with Gasteiger partial charge in [-0.2, -0.15) is 0 Å². The molecule has 5 heteroatoms. The highest BCUT2D eigenvalue weighted by Crippen LogP contribution is 2.31. The quantitative estimate of drug-likeness (QED) is 0.594. The predicted molar refractivity (Wildman–Crippen MR) is 60.2 cm³/mol. The number of aromatic nitrogens is 2. The van der Waals surface area contributed by atoms with Crippen LogP contribution in [-0.4, -0.2) is 9.97 Å². The number of halogens is 1. The summed E-state index contributed by atoms with van der Waals surface area (Å²) in [6, 6.07) is 4.08. The zero-order chi connectivity index (χ0) is 9.97. The Morgan fingerprint density at radius 3 is 3.07 bits per heavy atom. The molecule has 72 valence electrons. The van der Waals surface area contributed by atoms with Gasteiger partial charge in [0.1, 0.15) is 5.03 Å². The van der Waals surface area contributed by atoms with Crippen molar-refractivity contribution in [1.29, 1.82) is 0 Å². The first-order valence-electron chi connectivity index (χ1n) is 3.96. The minimum atomic E-state index is 0.301. The Morgan fingerprint density at radius 1 is 1.50 bits per heavy atom. The van der Waals surface area contributed by atoms with E-state index < -0.39 is 0 Å². The highest BCUT2D eigenvalue weighted by atomic mass is 35.5. The van der Waals surface area contributed by atoms with Crippen LogP contribution in [0.2, 0.25) is 5.28 Å². The van der Waals surface area contributed by atoms with Gasteiger partial charge in [-0.25, -0.2) is 9.97 Å². The van der Waals surface area contributed by atoms with E-state index in [2.05, 4.69) is 16.0 Å². The summed E-state index contributed by atoms with van der Waals surface area (Å²) in [6.07, 6.45) is 1.74. The zero-order valence-corrected chi connectivity index (χ0v) is 9.79. The maximum Gasteiger partial charge on any atom is 0.223 e. The molecule has 0 saturated carbocycles. The van der Waals surface area contributed by atoms with Crippen molar-refractivity contribution in [2.75, 3.05) is 0 Å². The van der Waals surface area contributed by atoms with Crippen molar-refractivity contribution in [2.45, 2.75) is 16.2 Å². The standard InChI is InChI=1S/C9H7ClN2S2/c1-6-5-11-9(10)12-8(6)14-7-3-2-4-13-7/h2-5H,1H3. The van der Waals surface area contributed by atoms with Crippen molar-refractivity contribution in [1.82, 2.24) is 9.97 Å². The molecule has 0 atom stereocenters. The van der Waals surface area contributed by atoms with Crippen LogP contribution in [0, 0.1) is 6.92 Å². The molecule has 2 heterocycles. The van der Waals surface area contributed by atoms with Crippen LogP contribution in [-0.2, 0) is 0 Å². The molecule has 0 bridgehead atoms. The second-order valence-corrected chi connectivity index (χ2v) is 5.24. The molecule has 2 nitrogen and oxygen atoms in total. The largest absolute Gasteiger partial charge is 0.226 e. The lowest BCUT2D eigenvalue weighted by molar-refractivity contribution is 1.01. The fourth-order valence-electron chi connectivity index (χ4n) is 0.926. The average Bonchev–Trinajstić information content (AvgIpc) is 2.64. The molecule has 0 radical (unpaired) electrons. The highest BCUT2D eigenvalue weighted by Gasteiger charge is 2.05. The summed E-state index contributed by atoms with van der Waals surface area (Å²) in [5, 5.41) is 3.27. The van der Waals surface area contributed by atoms with Gasteiger partial charge in [0.25, 0.3) is 0 Å². The van der Waals surface area contributed by atoms with Crippen LogP contribution in [0.15, 0.2) is 32.9 Å². The van der Waals surface area contributed by atoms with Gasteiger partial charge in [-0.15, -0.1) is 11.3 Å². The molecule has 0 aromatic carbocycles. The summed E-state index contributed by atoms with van der Waals surface area (Å²) in [7, 11) is 0. The van der Waals surface area contributed by atoms with Gasteiger partial charge < -0.3 is 0 Å². The summed E-state index contributed by atoms with van der Waals surface area (Å²) in [6.45, 7) is 1.98. The van der Waals surface area contributed by atoms with E-state index >= 15 is 0 Å². The molecule has 0 aliphatic heterocycles. The lowest BCUT2D eigenvalue weighted by Gasteiger charge is -2.01. The van der Waals surface area contributed by atoms with Crippen LogP contribution in [0.25, 0.3) is 0 Å². The van der Waals surface area contributed by atoms with Gasteiger partial charge in [0.05, 0.1) is 4.21 Å². The summed E-state index contributed by atoms with van der Waals surface area (Å²) >= 11 is 9.03. The van der Waals surface area contributed by atoms with Crippen molar-refractivity contribution < 1.29 is 0 Å². The summed E-state index contributed by atoms with van der Waals surface area (Å²) in [5.74, 6) is 0. The van der Waals surface area contributed by atoms with Gasteiger partial charge in [-0.3, -0.25) is 0 Å². The van der Waals surface area contributed by atoms with Crippen LogP contribution in [0.1, 0.15) is 5.56 Å². The van der Waals surface area contributed by atoms with Crippen LogP contribution >= 0.6 is 34.7 Å². The first kappa shape index (κ1) is 9.96. The average molecular weight is 243 g/mol. The molecular formula is C9H7ClN2S2. The summed E-state index contributed by atoms with van der Waals surface area (Å²) in [4.78, 5) is 8.08. The Labute approximate surface area is 95.4 Å². The molecule has 0 saturated heterocycles. The molecule has 0 aliphatic rings. The Kier molecular flexibility index (Phi) is 3.05. The topological polar surface area (TPSA) is 25.8 Å². The fraction of sp³-hybridized carbons (Fsp3) is 0.111. The number of hydrogen-bond donors (Lipinski definition) is 0. The predicted octanol–water partition coefficient (Wildman–Crippen LogP) is 3.65. The number of nitrogens with zero attached hydrogens (tertiary/aromatic N) is 2. The first-order valence-corrected chi connectivity index (χ1v) is 6.03. The molecule has 2 aromatic rings. The second kappa shape index (κ2) is 4.29. The van der Waals surface area contributed by atoms with E-state index in [1.807, 2.05) is 18.4 Å². The minimum Gasteiger partial charge on any atom is -0.226 e. The highest BCUT2D eigenvalue weighted by molar-refractivity contribution is 8.01. The monoisotopic (exact) mass is 242 g/mol. The molecule has 2 aromatic heterocycles. The van der Waals surface area contributed by atoms with Crippen molar-refractivity contribution in [3.05, 3.63) is 34.6 Å². The first-order chi connectivity index (χ1) is 6.75. The number of aryl methyl sites for hydroxylation is 1. The van der Waals surface area contributed by atoms with Gasteiger partial charge in [0, 0.05) is 11.8 Å². The number of rotatable bonds is 2. The molecule has 0 amide bonds. The van der Waals surface area contributed by atoms with E-state index in [0.717, 1.165) is 10.6 Å². The van der Waals surface area contributed by atoms with Crippen LogP contribution in [0.5, 0.6) is 0 Å². The van der Waals surface area contributed by atoms with Crippen LogP contribution in [0.3, 0.4) is 0 Å². The van der Waals surface area contributed by atoms with E-state index in [0.29, 0.717) is 5.28 Å². The molecule has 0 unspecified atom stereocenters. The lowest BCUT2D eigenvalue weighted by Crippen LogP contribution is -1.88. The molecular weight excluding hydrogens is 236 g/mol. The number of thiophene rings is 1. The smallest absolute Gasteiger partial charge is 0.223 e. The Balaban J connectivity index is 2.28. The van der Waals surface area contributed by atoms with Crippen LogP contribution in [0.4, 0.5) is 0 Å². The SMILES string of the molecule is Cc1cnc(Cl)nc1Sc1cccs1. The molecule has 0 N–H and O–H groups in total. The molecule has 2 rings (SSSR count). The lowest BCUT2D eigenvalue weighted by atomic mass is 10.4. The van der Waals surface area contributed by atoms with Crippen molar-refractivity contribution in [3.8, 4) is 0 Å². The second-order valence-electron chi connectivity index (χ2n) is 2.66. The third kappa shape index (κ3) is 2.26. The molecule has 14 heavy (non-hydrogen) atoms. The Hall–Kier alpha value is -0.580. The zero-order valence-electron chi connectivity index (χ0n) is 7.40. The van der Waals surface area contributed by atoms with E-state index in [9.17, 15) is 0 Å². The summed E-state index contributed by atoms with van der Waals surface area (Å²) < 4.78 is 1.21. The van der Waals surface area contributed by atoms with E-state index in [1.165, 1.54) is 4.21 Å². The van der Waals surface area contributed by atoms with Crippen molar-refractivity contribution in [2.24, 2.45) is 0 Å². The fourth-order valence-corrected chi connectivity index (χ4v) is 2.84. The Bertz CT molecular complexity index is 428. The molecule has 0 aliphatic carbocycles. The van der Waals surface area contributed by atoms with E-state index in [1.54, 1.807) is 29.3 Å². The van der Waals surface area contributed by atoms with Gasteiger partial charge in [0.2, 0.25) is 5.28 Å². The Morgan fingerprint density at radius 2 is 2.36 bits per heavy atom. The summed E-state index contributed by atoms with van der Waals surface area (Å²) in [5.41, 5.74) is 1.05. The van der Waals surface area contributed by atoms with Gasteiger partial charge in [-0.1, -0.05) is 17.8 Å². The molecule has 0 fully saturated rings. The minimum absolute atomic E-state index is 0.301. The number of hydrogen-bond acceptors (Lipinski definition) is 4. The van der Waals surface area contributed by atoms with E-state index in [4.69, 9.17) is 11.6 Å². The normalized spacial score (nSPS) is 10.4. The maximum absolute atomic E-state index is 5.72. The van der Waals surface area contributed by atoms with Crippen molar-refractivity contribution >= 4 is 34.7 Å². The van der Waals surface area contributed by atoms with Crippen LogP contribution < -0.4 is 0 Å². The van der Waals surface area contributed by atoms with Gasteiger partial charge in [-0.05, 0) is 30.0 Å². The maximum atomic E-state index is 5.72. The molecule has 0 spiro atoms. The van der Waals surface area contributed by atoms with E-state index in [-0.39, 0.29) is 0 Å². The third-order valence-corrected chi connectivity index (χ3v) is 3.91. The van der Waals surface area contributed by atoms with Gasteiger partial charge in [0.15, 0.2) is 0 Å². The third-order valence-electron chi connectivity index (χ3n) is 1.59. The van der Waals surface area contributed by atoms with Crippen molar-refractivity contribution in [3.63, 3.8) is 0 Å².